The van der Waals surface area contributed by atoms with Crippen molar-refractivity contribution in [1.82, 2.24) is 15.4 Å². The van der Waals surface area contributed by atoms with Gasteiger partial charge in [-0.2, -0.15) is 0 Å². The maximum atomic E-state index is 12.3. The van der Waals surface area contributed by atoms with Gasteiger partial charge in [0.15, 0.2) is 0 Å². The van der Waals surface area contributed by atoms with Crippen molar-refractivity contribution >= 4 is 11.9 Å². The number of carbonyl (C=O) groups is 1. The number of nitrogens with zero attached hydrogens (tertiary/aromatic N) is 2. The van der Waals surface area contributed by atoms with Gasteiger partial charge in [-0.15, -0.1) is 13.2 Å². The molecule has 0 unspecified atom stereocenters. The quantitative estimate of drug-likeness (QED) is 0.426. The minimum Gasteiger partial charge on any atom is -0.406 e. The Kier molecular flexibility index (Phi) is 4.68. The summed E-state index contributed by atoms with van der Waals surface area (Å²) in [4.78, 5) is 19.6. The molecule has 1 aliphatic carbocycles. The van der Waals surface area contributed by atoms with Gasteiger partial charge < -0.3 is 10.1 Å². The summed E-state index contributed by atoms with van der Waals surface area (Å²) in [5.41, 5.74) is 2.55. The molecule has 1 fully saturated rings. The zero-order chi connectivity index (χ0) is 18.8. The Bertz CT molecular complexity index is 774. The summed E-state index contributed by atoms with van der Waals surface area (Å²) in [5.74, 6) is 4.59. The number of rotatable bonds is 5. The number of nitrogens with one attached hydrogen (secondary N) is 2. The molecule has 0 atom stereocenters. The Morgan fingerprint density at radius 1 is 1.15 bits per heavy atom. The number of anilines is 1. The molecule has 7 nitrogen and oxygen atoms in total. The summed E-state index contributed by atoms with van der Waals surface area (Å²) >= 11 is 0. The van der Waals surface area contributed by atoms with Crippen LogP contribution in [-0.4, -0.2) is 22.2 Å². The molecule has 1 amide bonds. The van der Waals surface area contributed by atoms with Gasteiger partial charge in [-0.05, 0) is 37.0 Å². The molecular formula is C16H16F3N5O2. The first-order chi connectivity index (χ1) is 12.3. The summed E-state index contributed by atoms with van der Waals surface area (Å²) in [6, 6.07) is 5.73. The first-order valence-corrected chi connectivity index (χ1v) is 7.79. The third kappa shape index (κ3) is 3.85. The van der Waals surface area contributed by atoms with Crippen molar-refractivity contribution < 1.29 is 22.7 Å². The van der Waals surface area contributed by atoms with E-state index in [0.29, 0.717) is 5.95 Å². The number of amides is 1. The third-order valence-electron chi connectivity index (χ3n) is 4.24. The number of benzene rings is 1. The number of nitrogen functional groups attached to an aromatic ring is 1. The van der Waals surface area contributed by atoms with E-state index in [1.807, 2.05) is 5.43 Å². The summed E-state index contributed by atoms with van der Waals surface area (Å²) < 4.78 is 40.7. The summed E-state index contributed by atoms with van der Waals surface area (Å²) in [7, 11) is 0. The molecule has 0 aliphatic heterocycles. The molecule has 1 aromatic carbocycles. The number of nitrogens with two attached hydrogens (primary N) is 1. The van der Waals surface area contributed by atoms with Crippen molar-refractivity contribution in [3.05, 3.63) is 47.8 Å². The third-order valence-corrected chi connectivity index (χ3v) is 4.24. The first kappa shape index (κ1) is 17.9. The highest BCUT2D eigenvalue weighted by atomic mass is 19.4. The lowest BCUT2D eigenvalue weighted by molar-refractivity contribution is -0.274. The second-order valence-electron chi connectivity index (χ2n) is 5.90. The second-order valence-corrected chi connectivity index (χ2v) is 5.90. The monoisotopic (exact) mass is 367 g/mol. The van der Waals surface area contributed by atoms with Gasteiger partial charge in [0.25, 0.3) is 5.91 Å². The standard InChI is InChI=1S/C16H16F3N5O2/c17-16(18,19)26-12-4-2-11(3-5-12)15(6-1-7-15)23-14-21-8-10(9-22-14)13(25)24-20/h2-5,8-9H,1,6-7,20H2,(H,24,25)(H,21,22,23). The maximum Gasteiger partial charge on any atom is 0.573 e. The highest BCUT2D eigenvalue weighted by molar-refractivity contribution is 5.93. The number of carbonyl (C=O) groups excluding carboxylic acids is 1. The van der Waals surface area contributed by atoms with Crippen LogP contribution in [0, 0.1) is 0 Å². The normalized spacial score (nSPS) is 15.7. The molecule has 1 aromatic heterocycles. The van der Waals surface area contributed by atoms with E-state index >= 15 is 0 Å². The molecule has 1 heterocycles. The van der Waals surface area contributed by atoms with Gasteiger partial charge in [0.2, 0.25) is 5.95 Å². The Morgan fingerprint density at radius 2 is 1.77 bits per heavy atom. The number of ether oxygens (including phenoxy) is 1. The van der Waals surface area contributed by atoms with Gasteiger partial charge >= 0.3 is 6.36 Å². The molecule has 26 heavy (non-hydrogen) atoms. The van der Waals surface area contributed by atoms with Crippen LogP contribution in [0.2, 0.25) is 0 Å². The van der Waals surface area contributed by atoms with Gasteiger partial charge in [-0.25, -0.2) is 15.8 Å². The van der Waals surface area contributed by atoms with Gasteiger partial charge in [0.05, 0.1) is 11.1 Å². The molecule has 0 bridgehead atoms. The van der Waals surface area contributed by atoms with Crippen LogP contribution in [0.5, 0.6) is 5.75 Å². The number of aromatic nitrogens is 2. The lowest BCUT2D eigenvalue weighted by atomic mass is 9.72. The van der Waals surface area contributed by atoms with E-state index < -0.39 is 17.8 Å². The molecule has 0 radical (unpaired) electrons. The summed E-state index contributed by atoms with van der Waals surface area (Å²) in [5, 5.41) is 3.21. The zero-order valence-corrected chi connectivity index (χ0v) is 13.5. The van der Waals surface area contributed by atoms with Crippen molar-refractivity contribution in [2.75, 3.05) is 5.32 Å². The van der Waals surface area contributed by atoms with E-state index in [1.165, 1.54) is 24.5 Å². The molecular weight excluding hydrogens is 351 g/mol. The Labute approximate surface area is 146 Å². The minimum absolute atomic E-state index is 0.217. The van der Waals surface area contributed by atoms with E-state index in [4.69, 9.17) is 5.84 Å². The Morgan fingerprint density at radius 3 is 2.23 bits per heavy atom. The topological polar surface area (TPSA) is 102 Å². The molecule has 3 rings (SSSR count). The fourth-order valence-corrected chi connectivity index (χ4v) is 2.80. The predicted octanol–water partition coefficient (Wildman–Crippen LogP) is 2.47. The van der Waals surface area contributed by atoms with Crippen molar-refractivity contribution in [1.29, 1.82) is 0 Å². The van der Waals surface area contributed by atoms with Crippen LogP contribution in [0.3, 0.4) is 0 Å². The van der Waals surface area contributed by atoms with Crippen LogP contribution in [0.25, 0.3) is 0 Å². The number of halogens is 3. The molecule has 1 saturated carbocycles. The second kappa shape index (κ2) is 6.79. The van der Waals surface area contributed by atoms with Gasteiger partial charge in [0, 0.05) is 12.4 Å². The number of hydrazine groups is 1. The van der Waals surface area contributed by atoms with E-state index in [-0.39, 0.29) is 11.3 Å². The van der Waals surface area contributed by atoms with E-state index in [9.17, 15) is 18.0 Å². The fourth-order valence-electron chi connectivity index (χ4n) is 2.80. The lowest BCUT2D eigenvalue weighted by Crippen LogP contribution is -2.42. The summed E-state index contributed by atoms with van der Waals surface area (Å²) in [6.45, 7) is 0. The first-order valence-electron chi connectivity index (χ1n) is 7.79. The number of hydrogen-bond acceptors (Lipinski definition) is 6. The SMILES string of the molecule is NNC(=O)c1cnc(NC2(c3ccc(OC(F)(F)F)cc3)CCC2)nc1. The van der Waals surface area contributed by atoms with Crippen molar-refractivity contribution in [2.45, 2.75) is 31.2 Å². The number of hydrogen-bond donors (Lipinski definition) is 3. The van der Waals surface area contributed by atoms with E-state index in [0.717, 1.165) is 24.8 Å². The largest absolute Gasteiger partial charge is 0.573 e. The van der Waals surface area contributed by atoms with Gasteiger partial charge in [-0.3, -0.25) is 10.2 Å². The molecule has 138 valence electrons. The minimum atomic E-state index is -4.72. The highest BCUT2D eigenvalue weighted by Gasteiger charge is 2.39. The zero-order valence-electron chi connectivity index (χ0n) is 13.5. The molecule has 4 N–H and O–H groups in total. The lowest BCUT2D eigenvalue weighted by Gasteiger charge is -2.43. The molecule has 10 heteroatoms. The van der Waals surface area contributed by atoms with Crippen molar-refractivity contribution in [2.24, 2.45) is 5.84 Å². The van der Waals surface area contributed by atoms with E-state index in [1.54, 1.807) is 12.1 Å². The summed E-state index contributed by atoms with van der Waals surface area (Å²) in [6.07, 6.45) is 0.469. The van der Waals surface area contributed by atoms with Crippen molar-refractivity contribution in [3.8, 4) is 5.75 Å². The maximum absolute atomic E-state index is 12.3. The Hall–Kier alpha value is -2.88. The van der Waals surface area contributed by atoms with Crippen LogP contribution < -0.4 is 21.3 Å². The van der Waals surface area contributed by atoms with Gasteiger partial charge in [0.1, 0.15) is 5.75 Å². The van der Waals surface area contributed by atoms with Crippen LogP contribution >= 0.6 is 0 Å². The molecule has 2 aromatic rings. The van der Waals surface area contributed by atoms with Crippen LogP contribution in [0.15, 0.2) is 36.7 Å². The average molecular weight is 367 g/mol. The smallest absolute Gasteiger partial charge is 0.406 e. The van der Waals surface area contributed by atoms with Crippen LogP contribution in [0.4, 0.5) is 19.1 Å². The predicted molar refractivity (Wildman–Crippen MR) is 86.0 cm³/mol. The molecule has 0 saturated heterocycles. The molecule has 1 aliphatic rings. The van der Waals surface area contributed by atoms with Crippen LogP contribution in [-0.2, 0) is 5.54 Å². The van der Waals surface area contributed by atoms with E-state index in [2.05, 4.69) is 20.0 Å². The average Bonchev–Trinajstić information content (AvgIpc) is 2.57. The molecule has 0 spiro atoms. The Balaban J connectivity index is 1.76. The number of alkyl halides is 3. The van der Waals surface area contributed by atoms with Crippen LogP contribution in [0.1, 0.15) is 35.2 Å². The van der Waals surface area contributed by atoms with Gasteiger partial charge in [-0.1, -0.05) is 12.1 Å². The van der Waals surface area contributed by atoms with Crippen molar-refractivity contribution in [3.63, 3.8) is 0 Å². The highest BCUT2D eigenvalue weighted by Crippen LogP contribution is 2.44. The fraction of sp³-hybridized carbons (Fsp3) is 0.312.